The lowest BCUT2D eigenvalue weighted by molar-refractivity contribution is -0.385. The van der Waals surface area contributed by atoms with Crippen molar-refractivity contribution in [1.82, 2.24) is 5.32 Å². The van der Waals surface area contributed by atoms with Crippen LogP contribution in [-0.2, 0) is 0 Å². The summed E-state index contributed by atoms with van der Waals surface area (Å²) in [5.74, 6) is -0.683. The molecule has 0 aliphatic rings. The molecule has 1 rings (SSSR count). The predicted molar refractivity (Wildman–Crippen MR) is 62.2 cm³/mol. The van der Waals surface area contributed by atoms with Crippen LogP contribution in [0.5, 0.6) is 0 Å². The monoisotopic (exact) mass is 274 g/mol. The molecule has 8 heteroatoms. The van der Waals surface area contributed by atoms with Crippen LogP contribution < -0.4 is 5.32 Å². The Kier molecular flexibility index (Phi) is 4.87. The van der Waals surface area contributed by atoms with Crippen molar-refractivity contribution in [2.75, 3.05) is 6.54 Å². The van der Waals surface area contributed by atoms with Crippen LogP contribution in [0.1, 0.15) is 15.9 Å². The quantitative estimate of drug-likeness (QED) is 0.624. The summed E-state index contributed by atoms with van der Waals surface area (Å²) in [6.45, 7) is 0.870. The first kappa shape index (κ1) is 15.0. The van der Waals surface area contributed by atoms with E-state index in [0.717, 1.165) is 6.07 Å². The Balaban J connectivity index is 2.73. The molecule has 104 valence electrons. The van der Waals surface area contributed by atoms with Crippen molar-refractivity contribution in [2.45, 2.75) is 19.5 Å². The van der Waals surface area contributed by atoms with Gasteiger partial charge in [-0.05, 0) is 19.1 Å². The van der Waals surface area contributed by atoms with E-state index in [0.29, 0.717) is 0 Å². The molecular formula is C11H12F2N2O4. The number of alkyl halides is 2. The minimum Gasteiger partial charge on any atom is -0.385 e. The van der Waals surface area contributed by atoms with Crippen LogP contribution in [0.25, 0.3) is 0 Å². The Bertz CT molecular complexity index is 494. The molecule has 0 spiro atoms. The van der Waals surface area contributed by atoms with E-state index >= 15 is 0 Å². The fourth-order valence-corrected chi connectivity index (χ4v) is 1.39. The summed E-state index contributed by atoms with van der Waals surface area (Å²) >= 11 is 0. The van der Waals surface area contributed by atoms with Crippen molar-refractivity contribution in [1.29, 1.82) is 0 Å². The maximum atomic E-state index is 12.0. The van der Waals surface area contributed by atoms with Crippen LogP contribution in [0.4, 0.5) is 14.5 Å². The zero-order valence-corrected chi connectivity index (χ0v) is 9.97. The van der Waals surface area contributed by atoms with Crippen LogP contribution in [0.3, 0.4) is 0 Å². The van der Waals surface area contributed by atoms with E-state index in [1.165, 1.54) is 19.1 Å². The van der Waals surface area contributed by atoms with Gasteiger partial charge in [0.15, 0.2) is 0 Å². The number of carbonyl (C=O) groups excluding carboxylic acids is 1. The van der Waals surface area contributed by atoms with Crippen LogP contribution in [0.2, 0.25) is 0 Å². The van der Waals surface area contributed by atoms with Crippen molar-refractivity contribution in [2.24, 2.45) is 0 Å². The number of carbonyl (C=O) groups is 1. The van der Waals surface area contributed by atoms with Crippen LogP contribution in [0.15, 0.2) is 18.2 Å². The summed E-state index contributed by atoms with van der Waals surface area (Å²) in [5.41, 5.74) is 0.251. The van der Waals surface area contributed by atoms with Gasteiger partial charge in [0.1, 0.15) is 6.10 Å². The minimum absolute atomic E-state index is 0.101. The largest absolute Gasteiger partial charge is 0.385 e. The highest BCUT2D eigenvalue weighted by Crippen LogP contribution is 2.18. The number of nitro benzene ring substituents is 1. The van der Waals surface area contributed by atoms with Gasteiger partial charge in [0.2, 0.25) is 0 Å². The average Bonchev–Trinajstić information content (AvgIpc) is 2.34. The number of aliphatic hydroxyl groups is 1. The number of nitro groups is 1. The molecule has 0 bridgehead atoms. The third kappa shape index (κ3) is 3.95. The lowest BCUT2D eigenvalue weighted by atomic mass is 10.1. The maximum Gasteiger partial charge on any atom is 0.272 e. The number of halogens is 2. The lowest BCUT2D eigenvalue weighted by Gasteiger charge is -2.10. The van der Waals surface area contributed by atoms with Gasteiger partial charge in [-0.25, -0.2) is 8.78 Å². The standard InChI is InChI=1S/C11H12F2N2O4/c1-6-4-7(2-3-8(6)15(18)19)11(17)14-5-9(16)10(12)13/h2-4,9-10,16H,5H2,1H3,(H,14,17). The molecule has 1 amide bonds. The number of aryl methyl sites for hydroxylation is 1. The summed E-state index contributed by atoms with van der Waals surface area (Å²) in [5, 5.41) is 21.5. The van der Waals surface area contributed by atoms with Crippen molar-refractivity contribution < 1.29 is 23.6 Å². The zero-order chi connectivity index (χ0) is 14.6. The Morgan fingerprint density at radius 2 is 2.16 bits per heavy atom. The molecular weight excluding hydrogens is 262 g/mol. The summed E-state index contributed by atoms with van der Waals surface area (Å²) in [6.07, 6.45) is -4.89. The van der Waals surface area contributed by atoms with Crippen LogP contribution in [-0.4, -0.2) is 35.0 Å². The molecule has 2 N–H and O–H groups in total. The normalized spacial score (nSPS) is 12.3. The number of benzene rings is 1. The molecule has 1 aromatic rings. The summed E-state index contributed by atoms with van der Waals surface area (Å²) < 4.78 is 24.0. The molecule has 0 saturated carbocycles. The molecule has 0 aliphatic carbocycles. The lowest BCUT2D eigenvalue weighted by Crippen LogP contribution is -2.35. The smallest absolute Gasteiger partial charge is 0.272 e. The van der Waals surface area contributed by atoms with Gasteiger partial charge >= 0.3 is 0 Å². The molecule has 0 aliphatic heterocycles. The number of hydrogen-bond donors (Lipinski definition) is 2. The Labute approximate surface area is 107 Å². The van der Waals surface area contributed by atoms with Gasteiger partial charge in [-0.15, -0.1) is 0 Å². The summed E-state index contributed by atoms with van der Waals surface area (Å²) in [4.78, 5) is 21.6. The first-order valence-corrected chi connectivity index (χ1v) is 5.32. The van der Waals surface area contributed by atoms with Gasteiger partial charge in [-0.1, -0.05) is 0 Å². The highest BCUT2D eigenvalue weighted by molar-refractivity contribution is 5.94. The van der Waals surface area contributed by atoms with E-state index in [2.05, 4.69) is 5.32 Å². The van der Waals surface area contributed by atoms with E-state index in [9.17, 15) is 23.7 Å². The van der Waals surface area contributed by atoms with Crippen LogP contribution in [0, 0.1) is 17.0 Å². The van der Waals surface area contributed by atoms with E-state index in [1.807, 2.05) is 0 Å². The van der Waals surface area contributed by atoms with Gasteiger partial charge in [-0.3, -0.25) is 14.9 Å². The number of hydrogen-bond acceptors (Lipinski definition) is 4. The molecule has 0 saturated heterocycles. The Hall–Kier alpha value is -2.09. The number of rotatable bonds is 5. The van der Waals surface area contributed by atoms with E-state index in [-0.39, 0.29) is 16.8 Å². The average molecular weight is 274 g/mol. The Morgan fingerprint density at radius 1 is 1.53 bits per heavy atom. The predicted octanol–water partition coefficient (Wildman–Crippen LogP) is 1.26. The van der Waals surface area contributed by atoms with Crippen molar-refractivity contribution in [3.05, 3.63) is 39.4 Å². The molecule has 1 atom stereocenters. The minimum atomic E-state index is -2.95. The van der Waals surface area contributed by atoms with E-state index < -0.39 is 29.9 Å². The molecule has 0 heterocycles. The van der Waals surface area contributed by atoms with Crippen molar-refractivity contribution >= 4 is 11.6 Å². The van der Waals surface area contributed by atoms with Crippen molar-refractivity contribution in [3.63, 3.8) is 0 Å². The van der Waals surface area contributed by atoms with Gasteiger partial charge in [0, 0.05) is 23.7 Å². The SMILES string of the molecule is Cc1cc(C(=O)NCC(O)C(F)F)ccc1[N+](=O)[O-]. The number of nitrogens with zero attached hydrogens (tertiary/aromatic N) is 1. The van der Waals surface area contributed by atoms with Gasteiger partial charge < -0.3 is 10.4 Å². The fourth-order valence-electron chi connectivity index (χ4n) is 1.39. The topological polar surface area (TPSA) is 92.5 Å². The number of amides is 1. The van der Waals surface area contributed by atoms with E-state index in [4.69, 9.17) is 5.11 Å². The molecule has 0 radical (unpaired) electrons. The molecule has 6 nitrogen and oxygen atoms in total. The first-order chi connectivity index (χ1) is 8.82. The second kappa shape index (κ2) is 6.19. The fraction of sp³-hybridized carbons (Fsp3) is 0.364. The summed E-state index contributed by atoms with van der Waals surface area (Å²) in [6, 6.07) is 3.66. The molecule has 0 fully saturated rings. The first-order valence-electron chi connectivity index (χ1n) is 5.32. The second-order valence-electron chi connectivity index (χ2n) is 3.87. The summed E-state index contributed by atoms with van der Waals surface area (Å²) in [7, 11) is 0. The molecule has 1 unspecified atom stereocenters. The highest BCUT2D eigenvalue weighted by atomic mass is 19.3. The van der Waals surface area contributed by atoms with Crippen molar-refractivity contribution in [3.8, 4) is 0 Å². The third-order valence-electron chi connectivity index (χ3n) is 2.42. The third-order valence-corrected chi connectivity index (χ3v) is 2.42. The van der Waals surface area contributed by atoms with Gasteiger partial charge in [0.25, 0.3) is 18.0 Å². The molecule has 19 heavy (non-hydrogen) atoms. The van der Waals surface area contributed by atoms with Crippen LogP contribution >= 0.6 is 0 Å². The van der Waals surface area contributed by atoms with E-state index in [1.54, 1.807) is 0 Å². The molecule has 1 aromatic carbocycles. The molecule has 0 aromatic heterocycles. The highest BCUT2D eigenvalue weighted by Gasteiger charge is 2.19. The number of nitrogens with one attached hydrogen (secondary N) is 1. The Morgan fingerprint density at radius 3 is 2.63 bits per heavy atom. The second-order valence-corrected chi connectivity index (χ2v) is 3.87. The zero-order valence-electron chi connectivity index (χ0n) is 9.97. The van der Waals surface area contributed by atoms with Gasteiger partial charge in [0.05, 0.1) is 4.92 Å². The maximum absolute atomic E-state index is 12.0. The van der Waals surface area contributed by atoms with Gasteiger partial charge in [-0.2, -0.15) is 0 Å². The number of aliphatic hydroxyl groups excluding tert-OH is 1.